The minimum atomic E-state index is -0.252. The van der Waals surface area contributed by atoms with Crippen molar-refractivity contribution in [1.29, 1.82) is 0 Å². The highest BCUT2D eigenvalue weighted by molar-refractivity contribution is 7.17. The number of rotatable bonds is 2. The summed E-state index contributed by atoms with van der Waals surface area (Å²) in [5.41, 5.74) is 2.55. The highest BCUT2D eigenvalue weighted by Gasteiger charge is 1.91. The third-order valence-corrected chi connectivity index (χ3v) is 2.10. The van der Waals surface area contributed by atoms with Gasteiger partial charge in [-0.3, -0.25) is 4.52 Å². The molecule has 82 valence electrons. The monoisotopic (exact) mass is 232 g/mol. The van der Waals surface area contributed by atoms with Crippen LogP contribution in [0, 0.1) is 0 Å². The molecule has 2 nitrogen and oxygen atoms in total. The molecular formula is C13H13O2P. The van der Waals surface area contributed by atoms with Gasteiger partial charge in [0, 0.05) is 7.11 Å². The molecule has 0 saturated carbocycles. The van der Waals surface area contributed by atoms with Crippen LogP contribution in [-0.2, 0) is 9.09 Å². The lowest BCUT2D eigenvalue weighted by Crippen LogP contribution is -1.73. The van der Waals surface area contributed by atoms with Crippen molar-refractivity contribution in [2.45, 2.75) is 0 Å². The van der Waals surface area contributed by atoms with E-state index in [1.54, 1.807) is 0 Å². The zero-order valence-corrected chi connectivity index (χ0v) is 9.93. The quantitative estimate of drug-likeness (QED) is 0.725. The van der Waals surface area contributed by atoms with Crippen LogP contribution in [0.4, 0.5) is 0 Å². The molecule has 16 heavy (non-hydrogen) atoms. The lowest BCUT2D eigenvalue weighted by atomic mass is 10.1. The molecular weight excluding hydrogens is 219 g/mol. The first-order chi connectivity index (χ1) is 7.88. The van der Waals surface area contributed by atoms with Gasteiger partial charge in [-0.05, 0) is 11.1 Å². The molecule has 0 saturated heterocycles. The molecule has 2 rings (SSSR count). The van der Waals surface area contributed by atoms with Gasteiger partial charge in [0.15, 0.2) is 0 Å². The molecule has 0 unspecified atom stereocenters. The molecule has 0 atom stereocenters. The molecule has 3 heteroatoms. The van der Waals surface area contributed by atoms with E-state index >= 15 is 0 Å². The number of hydrogen-bond acceptors (Lipinski definition) is 2. The molecule has 0 fully saturated rings. The van der Waals surface area contributed by atoms with Crippen molar-refractivity contribution in [1.82, 2.24) is 0 Å². The van der Waals surface area contributed by atoms with Crippen LogP contribution in [0.25, 0.3) is 11.1 Å². The van der Waals surface area contributed by atoms with Gasteiger partial charge in [0.1, 0.15) is 0 Å². The molecule has 0 N–H and O–H groups in total. The summed E-state index contributed by atoms with van der Waals surface area (Å²) >= 11 is 0. The minimum absolute atomic E-state index is 0.252. The smallest absolute Gasteiger partial charge is 0.298 e. The predicted molar refractivity (Wildman–Crippen MR) is 66.5 cm³/mol. The summed E-state index contributed by atoms with van der Waals surface area (Å²) < 4.78 is 13.0. The molecule has 0 aliphatic heterocycles. The van der Waals surface area contributed by atoms with Crippen LogP contribution < -0.4 is 0 Å². The van der Waals surface area contributed by atoms with Gasteiger partial charge in [-0.25, -0.2) is 4.57 Å². The first-order valence-electron chi connectivity index (χ1n) is 4.84. The lowest BCUT2D eigenvalue weighted by Gasteiger charge is -1.98. The Bertz CT molecular complexity index is 363. The summed E-state index contributed by atoms with van der Waals surface area (Å²) in [5, 5.41) is 0. The van der Waals surface area contributed by atoms with E-state index in [2.05, 4.69) is 53.1 Å². The number of benzene rings is 2. The van der Waals surface area contributed by atoms with Gasteiger partial charge < -0.3 is 0 Å². The molecule has 0 bridgehead atoms. The highest BCUT2D eigenvalue weighted by Crippen LogP contribution is 2.17. The second kappa shape index (κ2) is 7.75. The summed E-state index contributed by atoms with van der Waals surface area (Å²) in [6.07, 6.45) is 0. The Hall–Kier alpha value is -1.50. The third-order valence-electron chi connectivity index (χ3n) is 1.96. The van der Waals surface area contributed by atoms with Crippen molar-refractivity contribution >= 4 is 8.69 Å². The molecule has 2 aromatic carbocycles. The van der Waals surface area contributed by atoms with E-state index in [1.165, 1.54) is 18.2 Å². The third kappa shape index (κ3) is 4.35. The van der Waals surface area contributed by atoms with Crippen molar-refractivity contribution in [3.8, 4) is 11.1 Å². The fraction of sp³-hybridized carbons (Fsp3) is 0.0769. The Kier molecular flexibility index (Phi) is 6.09. The zero-order chi connectivity index (χ0) is 11.6. The Labute approximate surface area is 97.2 Å². The molecule has 0 aliphatic carbocycles. The van der Waals surface area contributed by atoms with E-state index in [0.29, 0.717) is 0 Å². The summed E-state index contributed by atoms with van der Waals surface area (Å²) in [6.45, 7) is 0. The van der Waals surface area contributed by atoms with E-state index in [0.717, 1.165) is 0 Å². The van der Waals surface area contributed by atoms with Gasteiger partial charge in [0.05, 0.1) is 0 Å². The topological polar surface area (TPSA) is 26.3 Å². The summed E-state index contributed by atoms with van der Waals surface area (Å²) in [6, 6.07) is 20.8. The van der Waals surface area contributed by atoms with Gasteiger partial charge in [-0.15, -0.1) is 0 Å². The van der Waals surface area contributed by atoms with Crippen LogP contribution in [-0.4, -0.2) is 7.11 Å². The average molecular weight is 232 g/mol. The maximum atomic E-state index is 9.05. The van der Waals surface area contributed by atoms with E-state index in [1.807, 2.05) is 12.1 Å². The van der Waals surface area contributed by atoms with Gasteiger partial charge in [0.2, 0.25) is 0 Å². The summed E-state index contributed by atoms with van der Waals surface area (Å²) in [5.74, 6) is 0. The molecule has 2 aromatic rings. The molecule has 0 aliphatic rings. The van der Waals surface area contributed by atoms with Crippen LogP contribution in [0.2, 0.25) is 0 Å². The zero-order valence-electron chi connectivity index (χ0n) is 9.04. The van der Waals surface area contributed by atoms with Crippen molar-refractivity contribution in [2.24, 2.45) is 0 Å². The largest absolute Gasteiger partial charge is 0.327 e. The Balaban J connectivity index is 0.000000280. The predicted octanol–water partition coefficient (Wildman–Crippen LogP) is 4.19. The first kappa shape index (κ1) is 12.6. The van der Waals surface area contributed by atoms with E-state index in [-0.39, 0.29) is 8.69 Å². The maximum Gasteiger partial charge on any atom is 0.327 e. The molecule has 0 heterocycles. The van der Waals surface area contributed by atoms with E-state index < -0.39 is 0 Å². The fourth-order valence-electron chi connectivity index (χ4n) is 1.26. The summed E-state index contributed by atoms with van der Waals surface area (Å²) in [4.78, 5) is 0. The van der Waals surface area contributed by atoms with Gasteiger partial charge in [-0.1, -0.05) is 60.7 Å². The second-order valence-electron chi connectivity index (χ2n) is 2.99. The van der Waals surface area contributed by atoms with E-state index in [9.17, 15) is 0 Å². The van der Waals surface area contributed by atoms with Crippen LogP contribution in [0.15, 0.2) is 60.7 Å². The van der Waals surface area contributed by atoms with E-state index in [4.69, 9.17) is 4.57 Å². The highest BCUT2D eigenvalue weighted by atomic mass is 31.1. The maximum absolute atomic E-state index is 9.05. The van der Waals surface area contributed by atoms with Gasteiger partial charge in [-0.2, -0.15) is 0 Å². The van der Waals surface area contributed by atoms with Crippen molar-refractivity contribution in [3.63, 3.8) is 0 Å². The minimum Gasteiger partial charge on any atom is -0.298 e. The van der Waals surface area contributed by atoms with Crippen LogP contribution in [0.5, 0.6) is 0 Å². The van der Waals surface area contributed by atoms with Crippen LogP contribution in [0.1, 0.15) is 0 Å². The standard InChI is InChI=1S/C12H10.CH3O2P/c1-3-7-11(8-4-1)12-9-5-2-6-10-12;1-3-4-2/h1-10H;1H3. The summed E-state index contributed by atoms with van der Waals surface area (Å²) in [7, 11) is 1.10. The SMILES string of the molecule is COP=O.c1ccc(-c2ccccc2)cc1. The van der Waals surface area contributed by atoms with Crippen LogP contribution in [0.3, 0.4) is 0 Å². The molecule has 0 radical (unpaired) electrons. The Morgan fingerprint density at radius 3 is 1.38 bits per heavy atom. The van der Waals surface area contributed by atoms with Crippen molar-refractivity contribution < 1.29 is 9.09 Å². The Morgan fingerprint density at radius 1 is 0.812 bits per heavy atom. The van der Waals surface area contributed by atoms with Gasteiger partial charge >= 0.3 is 8.69 Å². The van der Waals surface area contributed by atoms with Crippen molar-refractivity contribution in [3.05, 3.63) is 60.7 Å². The Morgan fingerprint density at radius 2 is 1.12 bits per heavy atom. The first-order valence-corrected chi connectivity index (χ1v) is 5.58. The van der Waals surface area contributed by atoms with Crippen LogP contribution >= 0.6 is 8.69 Å². The average Bonchev–Trinajstić information content (AvgIpc) is 2.41. The van der Waals surface area contributed by atoms with Crippen molar-refractivity contribution in [2.75, 3.05) is 7.11 Å². The molecule has 0 amide bonds. The fourth-order valence-corrected chi connectivity index (χ4v) is 1.26. The normalized spacial score (nSPS) is 9.31. The molecule has 0 aromatic heterocycles. The lowest BCUT2D eigenvalue weighted by molar-refractivity contribution is 0.433. The molecule has 0 spiro atoms. The number of hydrogen-bond donors (Lipinski definition) is 0. The van der Waals surface area contributed by atoms with Gasteiger partial charge in [0.25, 0.3) is 0 Å². The second-order valence-corrected chi connectivity index (χ2v) is 3.50.